The summed E-state index contributed by atoms with van der Waals surface area (Å²) in [6, 6.07) is 7.78. The zero-order valence-corrected chi connectivity index (χ0v) is 10.9. The molecule has 94 valence electrons. The fourth-order valence-electron chi connectivity index (χ4n) is 2.02. The number of nitrogens with zero attached hydrogens (tertiary/aromatic N) is 1. The Hall–Kier alpha value is -1.35. The summed E-state index contributed by atoms with van der Waals surface area (Å²) >= 11 is 0. The van der Waals surface area contributed by atoms with E-state index in [1.807, 2.05) is 38.2 Å². The molecule has 1 aromatic rings. The van der Waals surface area contributed by atoms with Gasteiger partial charge in [0, 0.05) is 25.2 Å². The largest absolute Gasteiger partial charge is 0.326 e. The minimum Gasteiger partial charge on any atom is -0.326 e. The molecule has 0 saturated carbocycles. The van der Waals surface area contributed by atoms with Crippen molar-refractivity contribution in [1.82, 2.24) is 0 Å². The van der Waals surface area contributed by atoms with Gasteiger partial charge >= 0.3 is 0 Å². The minimum atomic E-state index is 0.0656. The molecular weight excluding hydrogens is 212 g/mol. The molecule has 0 aliphatic rings. The molecule has 2 N–H and O–H groups in total. The maximum Gasteiger partial charge on any atom is 0.229 e. The van der Waals surface area contributed by atoms with Gasteiger partial charge in [0.2, 0.25) is 5.91 Å². The fraction of sp³-hybridized carbons (Fsp3) is 0.500. The van der Waals surface area contributed by atoms with Crippen molar-refractivity contribution in [3.05, 3.63) is 29.8 Å². The van der Waals surface area contributed by atoms with Crippen molar-refractivity contribution in [1.29, 1.82) is 0 Å². The molecule has 0 aromatic heterocycles. The lowest BCUT2D eigenvalue weighted by Crippen LogP contribution is -2.32. The lowest BCUT2D eigenvalue weighted by Gasteiger charge is -2.23. The predicted molar refractivity (Wildman–Crippen MR) is 71.8 cm³/mol. The molecule has 0 aliphatic carbocycles. The van der Waals surface area contributed by atoms with Crippen molar-refractivity contribution in [2.45, 2.75) is 33.2 Å². The molecule has 0 saturated heterocycles. The highest BCUT2D eigenvalue weighted by atomic mass is 16.2. The topological polar surface area (TPSA) is 46.3 Å². The van der Waals surface area contributed by atoms with Crippen molar-refractivity contribution in [2.75, 3.05) is 11.9 Å². The van der Waals surface area contributed by atoms with Crippen LogP contribution in [0.5, 0.6) is 0 Å². The zero-order valence-electron chi connectivity index (χ0n) is 10.9. The van der Waals surface area contributed by atoms with E-state index >= 15 is 0 Å². The van der Waals surface area contributed by atoms with Crippen molar-refractivity contribution < 1.29 is 4.79 Å². The van der Waals surface area contributed by atoms with Crippen LogP contribution in [0.15, 0.2) is 24.3 Å². The molecule has 0 fully saturated rings. The third kappa shape index (κ3) is 3.30. The molecule has 1 rings (SSSR count). The number of benzene rings is 1. The monoisotopic (exact) mass is 234 g/mol. The van der Waals surface area contributed by atoms with Crippen molar-refractivity contribution >= 4 is 11.6 Å². The summed E-state index contributed by atoms with van der Waals surface area (Å²) in [5.41, 5.74) is 7.61. The molecule has 3 heteroatoms. The molecule has 3 nitrogen and oxygen atoms in total. The van der Waals surface area contributed by atoms with Gasteiger partial charge in [-0.3, -0.25) is 4.79 Å². The number of amides is 1. The van der Waals surface area contributed by atoms with Crippen LogP contribution in [0.1, 0.15) is 32.3 Å². The molecule has 1 atom stereocenters. The van der Waals surface area contributed by atoms with Crippen LogP contribution >= 0.6 is 0 Å². The Kier molecular flexibility index (Phi) is 5.16. The SMILES string of the molecule is CCCC(C)C(=O)N(C)c1ccccc1CN. The number of anilines is 1. The van der Waals surface area contributed by atoms with Gasteiger partial charge in [-0.2, -0.15) is 0 Å². The Morgan fingerprint density at radius 2 is 2.06 bits per heavy atom. The molecule has 0 heterocycles. The summed E-state index contributed by atoms with van der Waals surface area (Å²) in [6.45, 7) is 4.53. The highest BCUT2D eigenvalue weighted by molar-refractivity contribution is 5.95. The number of nitrogens with two attached hydrogens (primary N) is 1. The Morgan fingerprint density at radius 1 is 1.41 bits per heavy atom. The maximum absolute atomic E-state index is 12.2. The first-order chi connectivity index (χ1) is 8.11. The van der Waals surface area contributed by atoms with Crippen LogP contribution in [-0.4, -0.2) is 13.0 Å². The van der Waals surface area contributed by atoms with Crippen LogP contribution < -0.4 is 10.6 Å². The highest BCUT2D eigenvalue weighted by Gasteiger charge is 2.19. The number of carbonyl (C=O) groups excluding carboxylic acids is 1. The fourth-order valence-corrected chi connectivity index (χ4v) is 2.02. The van der Waals surface area contributed by atoms with Gasteiger partial charge in [0.1, 0.15) is 0 Å². The van der Waals surface area contributed by atoms with E-state index < -0.39 is 0 Å². The van der Waals surface area contributed by atoms with Gasteiger partial charge in [-0.25, -0.2) is 0 Å². The highest BCUT2D eigenvalue weighted by Crippen LogP contribution is 2.21. The second-order valence-electron chi connectivity index (χ2n) is 4.42. The smallest absolute Gasteiger partial charge is 0.229 e. The third-order valence-corrected chi connectivity index (χ3v) is 3.05. The van der Waals surface area contributed by atoms with Gasteiger partial charge in [0.05, 0.1) is 0 Å². The van der Waals surface area contributed by atoms with Gasteiger partial charge in [0.15, 0.2) is 0 Å². The van der Waals surface area contributed by atoms with Gasteiger partial charge in [0.25, 0.3) is 0 Å². The van der Waals surface area contributed by atoms with Crippen LogP contribution in [0.4, 0.5) is 5.69 Å². The first-order valence-corrected chi connectivity index (χ1v) is 6.17. The van der Waals surface area contributed by atoms with Crippen molar-refractivity contribution in [3.63, 3.8) is 0 Å². The van der Waals surface area contributed by atoms with Crippen LogP contribution in [0.2, 0.25) is 0 Å². The Balaban J connectivity index is 2.88. The number of hydrogen-bond donors (Lipinski definition) is 1. The predicted octanol–water partition coefficient (Wildman–Crippen LogP) is 2.54. The van der Waals surface area contributed by atoms with Gasteiger partial charge in [-0.1, -0.05) is 38.5 Å². The van der Waals surface area contributed by atoms with Gasteiger partial charge in [-0.05, 0) is 18.1 Å². The number of para-hydroxylation sites is 1. The van der Waals surface area contributed by atoms with Crippen molar-refractivity contribution in [2.24, 2.45) is 11.7 Å². The second-order valence-corrected chi connectivity index (χ2v) is 4.42. The maximum atomic E-state index is 12.2. The lowest BCUT2D eigenvalue weighted by atomic mass is 10.0. The van der Waals surface area contributed by atoms with E-state index in [-0.39, 0.29) is 11.8 Å². The van der Waals surface area contributed by atoms with E-state index in [9.17, 15) is 4.79 Å². The molecule has 0 bridgehead atoms. The Labute approximate surface area is 104 Å². The Bertz CT molecular complexity index is 376. The summed E-state index contributed by atoms with van der Waals surface area (Å²) in [7, 11) is 1.82. The van der Waals surface area contributed by atoms with E-state index in [2.05, 4.69) is 6.92 Å². The van der Waals surface area contributed by atoms with Crippen LogP contribution in [0.25, 0.3) is 0 Å². The molecule has 0 spiro atoms. The summed E-state index contributed by atoms with van der Waals surface area (Å²) in [6.07, 6.45) is 1.95. The summed E-state index contributed by atoms with van der Waals surface area (Å²) in [5.74, 6) is 0.226. The third-order valence-electron chi connectivity index (χ3n) is 3.05. The minimum absolute atomic E-state index is 0.0656. The number of rotatable bonds is 5. The summed E-state index contributed by atoms with van der Waals surface area (Å²) in [4.78, 5) is 13.9. The average molecular weight is 234 g/mol. The summed E-state index contributed by atoms with van der Waals surface area (Å²) < 4.78 is 0. The standard InChI is InChI=1S/C14H22N2O/c1-4-7-11(2)14(17)16(3)13-9-6-5-8-12(13)10-15/h5-6,8-9,11H,4,7,10,15H2,1-3H3. The number of hydrogen-bond acceptors (Lipinski definition) is 2. The molecule has 0 aliphatic heterocycles. The van der Waals surface area contributed by atoms with Crippen LogP contribution in [-0.2, 0) is 11.3 Å². The molecular formula is C14H22N2O. The lowest BCUT2D eigenvalue weighted by molar-refractivity contribution is -0.121. The first kappa shape index (κ1) is 13.7. The molecule has 1 unspecified atom stereocenters. The molecule has 0 radical (unpaired) electrons. The van der Waals surface area contributed by atoms with E-state index in [4.69, 9.17) is 5.73 Å². The summed E-state index contributed by atoms with van der Waals surface area (Å²) in [5, 5.41) is 0. The van der Waals surface area contributed by atoms with Gasteiger partial charge in [-0.15, -0.1) is 0 Å². The normalized spacial score (nSPS) is 12.2. The quantitative estimate of drug-likeness (QED) is 0.851. The van der Waals surface area contributed by atoms with E-state index in [1.54, 1.807) is 4.90 Å². The van der Waals surface area contributed by atoms with Crippen LogP contribution in [0, 0.1) is 5.92 Å². The van der Waals surface area contributed by atoms with Gasteiger partial charge < -0.3 is 10.6 Å². The second kappa shape index (κ2) is 6.40. The Morgan fingerprint density at radius 3 is 2.65 bits per heavy atom. The molecule has 17 heavy (non-hydrogen) atoms. The zero-order chi connectivity index (χ0) is 12.8. The van der Waals surface area contributed by atoms with Crippen molar-refractivity contribution in [3.8, 4) is 0 Å². The average Bonchev–Trinajstić information content (AvgIpc) is 2.37. The first-order valence-electron chi connectivity index (χ1n) is 6.17. The molecule has 1 amide bonds. The van der Waals surface area contributed by atoms with E-state index in [1.165, 1.54) is 0 Å². The van der Waals surface area contributed by atoms with E-state index in [0.29, 0.717) is 6.54 Å². The van der Waals surface area contributed by atoms with E-state index in [0.717, 1.165) is 24.1 Å². The molecule has 1 aromatic carbocycles. The number of carbonyl (C=O) groups is 1. The van der Waals surface area contributed by atoms with Crippen LogP contribution in [0.3, 0.4) is 0 Å².